The molecule has 2 fully saturated rings. The number of piperazine rings is 1. The van der Waals surface area contributed by atoms with Crippen molar-refractivity contribution >= 4 is 23.1 Å². The van der Waals surface area contributed by atoms with Crippen LogP contribution < -0.4 is 19.4 Å². The lowest BCUT2D eigenvalue weighted by Crippen LogP contribution is -2.46. The van der Waals surface area contributed by atoms with Crippen molar-refractivity contribution in [2.24, 2.45) is 0 Å². The third-order valence-electron chi connectivity index (χ3n) is 5.83. The predicted molar refractivity (Wildman–Crippen MR) is 118 cm³/mol. The van der Waals surface area contributed by atoms with Gasteiger partial charge in [0.1, 0.15) is 5.75 Å². The molecule has 0 N–H and O–H groups in total. The summed E-state index contributed by atoms with van der Waals surface area (Å²) in [7, 11) is 1.69. The first-order chi connectivity index (χ1) is 14.2. The van der Waals surface area contributed by atoms with Gasteiger partial charge in [-0.15, -0.1) is 0 Å². The van der Waals surface area contributed by atoms with E-state index in [1.165, 1.54) is 11.4 Å². The molecule has 6 heteroatoms. The molecule has 2 aliphatic rings. The van der Waals surface area contributed by atoms with Crippen molar-refractivity contribution in [1.29, 1.82) is 0 Å². The molecule has 2 aromatic rings. The number of anilines is 3. The Bertz CT molecular complexity index is 814. The van der Waals surface area contributed by atoms with Crippen LogP contribution in [0.5, 0.6) is 5.75 Å². The van der Waals surface area contributed by atoms with Crippen molar-refractivity contribution in [3.63, 3.8) is 0 Å². The molecule has 0 spiro atoms. The minimum Gasteiger partial charge on any atom is -0.497 e. The molecule has 0 bridgehead atoms. The molecule has 29 heavy (non-hydrogen) atoms. The van der Waals surface area contributed by atoms with Crippen molar-refractivity contribution in [1.82, 2.24) is 4.90 Å². The van der Waals surface area contributed by atoms with E-state index in [2.05, 4.69) is 53.1 Å². The zero-order valence-corrected chi connectivity index (χ0v) is 17.4. The molecule has 0 aliphatic carbocycles. The van der Waals surface area contributed by atoms with Gasteiger partial charge in [0.05, 0.1) is 7.11 Å². The number of amides is 2. The van der Waals surface area contributed by atoms with Crippen LogP contribution in [0, 0.1) is 0 Å². The Morgan fingerprint density at radius 3 is 1.79 bits per heavy atom. The van der Waals surface area contributed by atoms with Gasteiger partial charge in [0, 0.05) is 62.9 Å². The molecule has 4 rings (SSSR count). The first-order valence-electron chi connectivity index (χ1n) is 10.5. The highest BCUT2D eigenvalue weighted by Gasteiger charge is 2.28. The van der Waals surface area contributed by atoms with Crippen LogP contribution in [-0.4, -0.2) is 63.9 Å². The number of carbonyl (C=O) groups excluding carboxylic acids is 1. The Kier molecular flexibility index (Phi) is 5.79. The maximum atomic E-state index is 12.5. The van der Waals surface area contributed by atoms with E-state index in [9.17, 15) is 4.79 Å². The second-order valence-corrected chi connectivity index (χ2v) is 7.61. The maximum absolute atomic E-state index is 12.5. The van der Waals surface area contributed by atoms with E-state index in [1.807, 2.05) is 21.9 Å². The fraction of sp³-hybridized carbons (Fsp3) is 0.435. The molecule has 2 saturated heterocycles. The molecule has 0 saturated carbocycles. The highest BCUT2D eigenvalue weighted by atomic mass is 16.5. The summed E-state index contributed by atoms with van der Waals surface area (Å²) in [6.45, 7) is 8.50. The second-order valence-electron chi connectivity index (χ2n) is 7.61. The molecule has 154 valence electrons. The third kappa shape index (κ3) is 4.11. The third-order valence-corrected chi connectivity index (χ3v) is 5.83. The summed E-state index contributed by atoms with van der Waals surface area (Å²) >= 11 is 0. The quantitative estimate of drug-likeness (QED) is 0.749. The first-order valence-corrected chi connectivity index (χ1v) is 10.5. The highest BCUT2D eigenvalue weighted by Crippen LogP contribution is 2.26. The molecular formula is C23H30N4O2. The maximum Gasteiger partial charge on any atom is 0.324 e. The van der Waals surface area contributed by atoms with Crippen molar-refractivity contribution in [2.45, 2.75) is 13.3 Å². The zero-order chi connectivity index (χ0) is 20.2. The number of nitrogens with zero attached hydrogens (tertiary/aromatic N) is 4. The molecule has 0 aromatic heterocycles. The zero-order valence-electron chi connectivity index (χ0n) is 17.4. The standard InChI is InChI=1S/C23H30N4O2/c1-3-12-26-17-18-27(23(26)28)21-6-4-19(5-7-21)24-13-15-25(16-14-24)20-8-10-22(29-2)11-9-20/h4-11H,3,12-18H2,1-2H3. The van der Waals surface area contributed by atoms with Crippen molar-refractivity contribution in [3.05, 3.63) is 48.5 Å². The molecule has 2 aliphatic heterocycles. The number of methoxy groups -OCH3 is 1. The van der Waals surface area contributed by atoms with Crippen LogP contribution in [0.15, 0.2) is 48.5 Å². The summed E-state index contributed by atoms with van der Waals surface area (Å²) in [5.74, 6) is 0.891. The van der Waals surface area contributed by atoms with Gasteiger partial charge in [-0.1, -0.05) is 6.92 Å². The highest BCUT2D eigenvalue weighted by molar-refractivity contribution is 5.94. The summed E-state index contributed by atoms with van der Waals surface area (Å²) in [5.41, 5.74) is 3.46. The lowest BCUT2D eigenvalue weighted by molar-refractivity contribution is 0.220. The van der Waals surface area contributed by atoms with Crippen molar-refractivity contribution < 1.29 is 9.53 Å². The van der Waals surface area contributed by atoms with Gasteiger partial charge in [-0.05, 0) is 55.0 Å². The van der Waals surface area contributed by atoms with Gasteiger partial charge in [0.2, 0.25) is 0 Å². The van der Waals surface area contributed by atoms with E-state index in [1.54, 1.807) is 7.11 Å². The topological polar surface area (TPSA) is 39.3 Å². The number of benzene rings is 2. The van der Waals surface area contributed by atoms with E-state index in [0.29, 0.717) is 0 Å². The van der Waals surface area contributed by atoms with Crippen molar-refractivity contribution in [3.8, 4) is 5.75 Å². The molecule has 0 atom stereocenters. The summed E-state index contributed by atoms with van der Waals surface area (Å²) < 4.78 is 5.25. The van der Waals surface area contributed by atoms with Gasteiger partial charge in [-0.3, -0.25) is 4.90 Å². The monoisotopic (exact) mass is 394 g/mol. The van der Waals surface area contributed by atoms with Crippen LogP contribution >= 0.6 is 0 Å². The Labute approximate surface area is 173 Å². The normalized spacial score (nSPS) is 17.2. The van der Waals surface area contributed by atoms with E-state index in [-0.39, 0.29) is 6.03 Å². The minimum atomic E-state index is 0.132. The second kappa shape index (κ2) is 8.64. The Morgan fingerprint density at radius 1 is 0.759 bits per heavy atom. The fourth-order valence-electron chi connectivity index (χ4n) is 4.16. The number of ether oxygens (including phenoxy) is 1. The number of urea groups is 1. The lowest BCUT2D eigenvalue weighted by Gasteiger charge is -2.37. The number of hydrogen-bond donors (Lipinski definition) is 0. The van der Waals surface area contributed by atoms with Gasteiger partial charge in [-0.25, -0.2) is 4.79 Å². The van der Waals surface area contributed by atoms with Gasteiger partial charge in [0.15, 0.2) is 0 Å². The van der Waals surface area contributed by atoms with Crippen LogP contribution in [-0.2, 0) is 0 Å². The van der Waals surface area contributed by atoms with Crippen molar-refractivity contribution in [2.75, 3.05) is 67.6 Å². The van der Waals surface area contributed by atoms with Crippen LogP contribution in [0.1, 0.15) is 13.3 Å². The molecule has 2 heterocycles. The molecular weight excluding hydrogens is 364 g/mol. The molecule has 6 nitrogen and oxygen atoms in total. The molecule has 2 amide bonds. The molecule has 0 unspecified atom stereocenters. The van der Waals surface area contributed by atoms with Gasteiger partial charge >= 0.3 is 6.03 Å². The van der Waals surface area contributed by atoms with Gasteiger partial charge < -0.3 is 19.4 Å². The number of hydrogen-bond acceptors (Lipinski definition) is 4. The van der Waals surface area contributed by atoms with Crippen LogP contribution in [0.25, 0.3) is 0 Å². The predicted octanol–water partition coefficient (Wildman–Crippen LogP) is 3.67. The van der Waals surface area contributed by atoms with E-state index >= 15 is 0 Å². The minimum absolute atomic E-state index is 0.132. The summed E-state index contributed by atoms with van der Waals surface area (Å²) in [5, 5.41) is 0. The average Bonchev–Trinajstić information content (AvgIpc) is 3.14. The van der Waals surface area contributed by atoms with E-state index in [0.717, 1.165) is 63.7 Å². The molecule has 2 aromatic carbocycles. The number of rotatable bonds is 6. The summed E-state index contributed by atoms with van der Waals surface area (Å²) in [6, 6.07) is 16.9. The fourth-order valence-corrected chi connectivity index (χ4v) is 4.16. The molecule has 0 radical (unpaired) electrons. The van der Waals surface area contributed by atoms with Crippen LogP contribution in [0.4, 0.5) is 21.9 Å². The Balaban J connectivity index is 1.35. The van der Waals surface area contributed by atoms with E-state index < -0.39 is 0 Å². The average molecular weight is 395 g/mol. The van der Waals surface area contributed by atoms with Gasteiger partial charge in [-0.2, -0.15) is 0 Å². The summed E-state index contributed by atoms with van der Waals surface area (Å²) in [4.78, 5) is 21.2. The lowest BCUT2D eigenvalue weighted by atomic mass is 10.2. The van der Waals surface area contributed by atoms with Gasteiger partial charge in [0.25, 0.3) is 0 Å². The SMILES string of the molecule is CCCN1CCN(c2ccc(N3CCN(c4ccc(OC)cc4)CC3)cc2)C1=O. The largest absolute Gasteiger partial charge is 0.497 e. The number of carbonyl (C=O) groups is 1. The smallest absolute Gasteiger partial charge is 0.324 e. The Morgan fingerprint density at radius 2 is 1.28 bits per heavy atom. The summed E-state index contributed by atoms with van der Waals surface area (Å²) in [6.07, 6.45) is 1.00. The Hall–Kier alpha value is -2.89. The first kappa shape index (κ1) is 19.4. The van der Waals surface area contributed by atoms with Crippen LogP contribution in [0.2, 0.25) is 0 Å². The van der Waals surface area contributed by atoms with Crippen LogP contribution in [0.3, 0.4) is 0 Å². The van der Waals surface area contributed by atoms with E-state index in [4.69, 9.17) is 4.74 Å².